The predicted molar refractivity (Wildman–Crippen MR) is 78.3 cm³/mol. The summed E-state index contributed by atoms with van der Waals surface area (Å²) in [4.78, 5) is 17.0. The second kappa shape index (κ2) is 7.65. The first-order valence-electron chi connectivity index (χ1n) is 7.68. The van der Waals surface area contributed by atoms with Crippen LogP contribution in [0.25, 0.3) is 0 Å². The largest absolute Gasteiger partial charge is 0.434 e. The number of carbonyl (C=O) groups excluding carboxylic acids is 1. The van der Waals surface area contributed by atoms with Gasteiger partial charge in [-0.15, -0.1) is 0 Å². The van der Waals surface area contributed by atoms with Crippen LogP contribution in [0.15, 0.2) is 12.5 Å². The molecule has 4 nitrogen and oxygen atoms in total. The fraction of sp³-hybridized carbons (Fsp3) is 0.733. The minimum atomic E-state index is -4.40. The molecule has 1 amide bonds. The average Bonchev–Trinajstić information content (AvgIpc) is 2.98. The summed E-state index contributed by atoms with van der Waals surface area (Å²) in [5.74, 6) is 0.0571. The third kappa shape index (κ3) is 4.48. The molecule has 0 unspecified atom stereocenters. The molecule has 1 fully saturated rings. The van der Waals surface area contributed by atoms with Gasteiger partial charge in [0, 0.05) is 31.2 Å². The third-order valence-electron chi connectivity index (χ3n) is 3.58. The third-order valence-corrected chi connectivity index (χ3v) is 3.58. The SMILES string of the molecule is CC.CC(C)C(=O)N1CCC(n2cnc(C(F)(F)F)c2)CC1. The van der Waals surface area contributed by atoms with Crippen molar-refractivity contribution < 1.29 is 18.0 Å². The Bertz CT molecular complexity index is 475. The fourth-order valence-electron chi connectivity index (χ4n) is 2.43. The molecule has 0 bridgehead atoms. The summed E-state index contributed by atoms with van der Waals surface area (Å²) in [5, 5.41) is 0. The molecular formula is C15H24F3N3O. The van der Waals surface area contributed by atoms with Gasteiger partial charge in [-0.3, -0.25) is 4.79 Å². The van der Waals surface area contributed by atoms with Crippen molar-refractivity contribution >= 4 is 5.91 Å². The highest BCUT2D eigenvalue weighted by atomic mass is 19.4. The number of alkyl halides is 3. The number of amides is 1. The predicted octanol–water partition coefficient (Wildman–Crippen LogP) is 3.75. The lowest BCUT2D eigenvalue weighted by molar-refractivity contribution is -0.141. The smallest absolute Gasteiger partial charge is 0.342 e. The topological polar surface area (TPSA) is 38.1 Å². The summed E-state index contributed by atoms with van der Waals surface area (Å²) in [6.07, 6.45) is -0.810. The van der Waals surface area contributed by atoms with Gasteiger partial charge in [-0.1, -0.05) is 27.7 Å². The van der Waals surface area contributed by atoms with Crippen molar-refractivity contribution in [3.63, 3.8) is 0 Å². The zero-order valence-corrected chi connectivity index (χ0v) is 13.5. The second-order valence-corrected chi connectivity index (χ2v) is 5.42. The molecule has 0 aliphatic carbocycles. The van der Waals surface area contributed by atoms with Crippen molar-refractivity contribution in [1.82, 2.24) is 14.5 Å². The van der Waals surface area contributed by atoms with E-state index in [4.69, 9.17) is 0 Å². The first-order chi connectivity index (χ1) is 10.3. The maximum absolute atomic E-state index is 12.5. The monoisotopic (exact) mass is 319 g/mol. The zero-order valence-electron chi connectivity index (χ0n) is 13.5. The molecule has 22 heavy (non-hydrogen) atoms. The highest BCUT2D eigenvalue weighted by molar-refractivity contribution is 5.78. The Morgan fingerprint density at radius 1 is 1.27 bits per heavy atom. The van der Waals surface area contributed by atoms with E-state index in [-0.39, 0.29) is 17.9 Å². The molecule has 126 valence electrons. The van der Waals surface area contributed by atoms with Crippen LogP contribution in [0.5, 0.6) is 0 Å². The average molecular weight is 319 g/mol. The Labute approximate surface area is 129 Å². The summed E-state index contributed by atoms with van der Waals surface area (Å²) in [6.45, 7) is 8.86. The molecule has 0 N–H and O–H groups in total. The molecule has 0 radical (unpaired) electrons. The number of likely N-dealkylation sites (tertiary alicyclic amines) is 1. The molecular weight excluding hydrogens is 295 g/mol. The van der Waals surface area contributed by atoms with Gasteiger partial charge in [0.15, 0.2) is 5.69 Å². The van der Waals surface area contributed by atoms with Crippen molar-refractivity contribution in [2.75, 3.05) is 13.1 Å². The van der Waals surface area contributed by atoms with Crippen LogP contribution in [0.3, 0.4) is 0 Å². The number of rotatable bonds is 2. The Morgan fingerprint density at radius 3 is 2.23 bits per heavy atom. The molecule has 0 spiro atoms. The molecule has 7 heteroatoms. The molecule has 1 aromatic heterocycles. The number of halogens is 3. The standard InChI is InChI=1S/C13H18F3N3O.C2H6/c1-9(2)12(20)18-5-3-10(4-6-18)19-7-11(17-8-19)13(14,15)16;1-2/h7-10H,3-6H2,1-2H3;1-2H3. The van der Waals surface area contributed by atoms with Gasteiger partial charge in [0.2, 0.25) is 5.91 Å². The molecule has 1 aliphatic heterocycles. The molecule has 0 saturated carbocycles. The van der Waals surface area contributed by atoms with Gasteiger partial charge >= 0.3 is 6.18 Å². The van der Waals surface area contributed by atoms with Gasteiger partial charge in [-0.2, -0.15) is 13.2 Å². The van der Waals surface area contributed by atoms with Gasteiger partial charge in [0.05, 0.1) is 6.33 Å². The summed E-state index contributed by atoms with van der Waals surface area (Å²) < 4.78 is 39.0. The maximum Gasteiger partial charge on any atom is 0.434 e. The van der Waals surface area contributed by atoms with E-state index in [1.807, 2.05) is 27.7 Å². The highest BCUT2D eigenvalue weighted by Crippen LogP contribution is 2.30. The van der Waals surface area contributed by atoms with E-state index in [2.05, 4.69) is 4.98 Å². The number of carbonyl (C=O) groups is 1. The van der Waals surface area contributed by atoms with Crippen LogP contribution in [0.4, 0.5) is 13.2 Å². The van der Waals surface area contributed by atoms with Crippen LogP contribution < -0.4 is 0 Å². The molecule has 1 saturated heterocycles. The van der Waals surface area contributed by atoms with E-state index < -0.39 is 11.9 Å². The van der Waals surface area contributed by atoms with E-state index >= 15 is 0 Å². The van der Waals surface area contributed by atoms with Gasteiger partial charge < -0.3 is 9.47 Å². The van der Waals surface area contributed by atoms with Crippen LogP contribution in [-0.4, -0.2) is 33.4 Å². The normalized spacial score (nSPS) is 16.5. The van der Waals surface area contributed by atoms with Crippen LogP contribution in [0, 0.1) is 5.92 Å². The van der Waals surface area contributed by atoms with Crippen molar-refractivity contribution in [2.24, 2.45) is 5.92 Å². The quantitative estimate of drug-likeness (QED) is 0.833. The zero-order chi connectivity index (χ0) is 16.9. The van der Waals surface area contributed by atoms with Crippen molar-refractivity contribution in [1.29, 1.82) is 0 Å². The van der Waals surface area contributed by atoms with Gasteiger partial charge in [-0.25, -0.2) is 4.98 Å². The van der Waals surface area contributed by atoms with Crippen molar-refractivity contribution in [2.45, 2.75) is 52.8 Å². The van der Waals surface area contributed by atoms with E-state index in [1.165, 1.54) is 10.9 Å². The first kappa shape index (κ1) is 18.5. The first-order valence-corrected chi connectivity index (χ1v) is 7.68. The summed E-state index contributed by atoms with van der Waals surface area (Å²) >= 11 is 0. The maximum atomic E-state index is 12.5. The van der Waals surface area contributed by atoms with E-state index in [9.17, 15) is 18.0 Å². The molecule has 0 aromatic carbocycles. The minimum absolute atomic E-state index is 0.0187. The Kier molecular flexibility index (Phi) is 6.44. The van der Waals surface area contributed by atoms with Crippen molar-refractivity contribution in [3.05, 3.63) is 18.2 Å². The molecule has 0 atom stereocenters. The van der Waals surface area contributed by atoms with Crippen LogP contribution >= 0.6 is 0 Å². The van der Waals surface area contributed by atoms with Gasteiger partial charge in [0.25, 0.3) is 0 Å². The summed E-state index contributed by atoms with van der Waals surface area (Å²) in [7, 11) is 0. The second-order valence-electron chi connectivity index (χ2n) is 5.42. The molecule has 2 heterocycles. The van der Waals surface area contributed by atoms with E-state index in [0.29, 0.717) is 25.9 Å². The van der Waals surface area contributed by atoms with E-state index in [1.54, 1.807) is 4.90 Å². The summed E-state index contributed by atoms with van der Waals surface area (Å²) in [5.41, 5.74) is -0.863. The number of hydrogen-bond donors (Lipinski definition) is 0. The Balaban J connectivity index is 0.00000116. The highest BCUT2D eigenvalue weighted by Gasteiger charge is 2.34. The van der Waals surface area contributed by atoms with Crippen LogP contribution in [-0.2, 0) is 11.0 Å². The van der Waals surface area contributed by atoms with Gasteiger partial charge in [0.1, 0.15) is 0 Å². The molecule has 1 aliphatic rings. The molecule has 1 aromatic rings. The number of nitrogens with zero attached hydrogens (tertiary/aromatic N) is 3. The minimum Gasteiger partial charge on any atom is -0.342 e. The number of imidazole rings is 1. The van der Waals surface area contributed by atoms with Crippen LogP contribution in [0.2, 0.25) is 0 Å². The lowest BCUT2D eigenvalue weighted by atomic mass is 10.0. The Morgan fingerprint density at radius 2 is 1.82 bits per heavy atom. The fourth-order valence-corrected chi connectivity index (χ4v) is 2.43. The number of hydrogen-bond acceptors (Lipinski definition) is 2. The number of aromatic nitrogens is 2. The van der Waals surface area contributed by atoms with Crippen molar-refractivity contribution in [3.8, 4) is 0 Å². The Hall–Kier alpha value is -1.53. The number of piperidine rings is 1. The van der Waals surface area contributed by atoms with E-state index in [0.717, 1.165) is 6.20 Å². The lowest BCUT2D eigenvalue weighted by Gasteiger charge is -2.33. The lowest BCUT2D eigenvalue weighted by Crippen LogP contribution is -2.40. The molecule has 2 rings (SSSR count). The summed E-state index contributed by atoms with van der Waals surface area (Å²) in [6, 6.07) is -0.0187. The van der Waals surface area contributed by atoms with Crippen LogP contribution in [0.1, 0.15) is 52.3 Å². The van der Waals surface area contributed by atoms with Gasteiger partial charge in [-0.05, 0) is 12.8 Å².